The Bertz CT molecular complexity index is 558. The molecule has 0 aliphatic carbocycles. The summed E-state index contributed by atoms with van der Waals surface area (Å²) in [7, 11) is 1.66. The third kappa shape index (κ3) is 3.34. The number of thiazole rings is 1. The second kappa shape index (κ2) is 5.59. The number of rotatable bonds is 4. The molecule has 5 heteroatoms. The highest BCUT2D eigenvalue weighted by Crippen LogP contribution is 2.34. The van der Waals surface area contributed by atoms with E-state index in [-0.39, 0.29) is 0 Å². The average Bonchev–Trinajstić information content (AvgIpc) is 2.74. The van der Waals surface area contributed by atoms with E-state index in [1.165, 1.54) is 0 Å². The predicted octanol–water partition coefficient (Wildman–Crippen LogP) is 3.80. The Morgan fingerprint density at radius 1 is 1.32 bits per heavy atom. The molecule has 0 unspecified atom stereocenters. The molecular formula is C14H17ClN2OS. The fraction of sp³-hybridized carbons (Fsp3) is 0.357. The fourth-order valence-corrected chi connectivity index (χ4v) is 3.02. The Hall–Kier alpha value is -0.940. The molecule has 2 aromatic rings. The molecule has 1 aromatic carbocycles. The number of hydrogen-bond donors (Lipinski definition) is 1. The second-order valence-electron chi connectivity index (χ2n) is 4.96. The summed E-state index contributed by atoms with van der Waals surface area (Å²) in [6, 6.07) is 7.65. The van der Waals surface area contributed by atoms with Gasteiger partial charge in [-0.1, -0.05) is 23.7 Å². The van der Waals surface area contributed by atoms with Crippen molar-refractivity contribution in [3.8, 4) is 10.6 Å². The van der Waals surface area contributed by atoms with Crippen LogP contribution >= 0.6 is 22.9 Å². The van der Waals surface area contributed by atoms with Gasteiger partial charge in [-0.25, -0.2) is 4.98 Å². The molecule has 0 spiro atoms. The van der Waals surface area contributed by atoms with Crippen LogP contribution in [0.1, 0.15) is 24.4 Å². The van der Waals surface area contributed by atoms with Crippen molar-refractivity contribution < 1.29 is 4.74 Å². The lowest BCUT2D eigenvalue weighted by Gasteiger charge is -2.17. The Kier molecular flexibility index (Phi) is 4.26. The van der Waals surface area contributed by atoms with E-state index < -0.39 is 5.54 Å². The first-order valence-electron chi connectivity index (χ1n) is 5.95. The smallest absolute Gasteiger partial charge is 0.124 e. The van der Waals surface area contributed by atoms with Crippen LogP contribution in [-0.4, -0.2) is 12.1 Å². The average molecular weight is 297 g/mol. The summed E-state index contributed by atoms with van der Waals surface area (Å²) in [6.45, 7) is 4.43. The molecular weight excluding hydrogens is 280 g/mol. The maximum atomic E-state index is 6.20. The Morgan fingerprint density at radius 2 is 1.95 bits per heavy atom. The van der Waals surface area contributed by atoms with E-state index in [0.717, 1.165) is 26.2 Å². The minimum atomic E-state index is -0.420. The van der Waals surface area contributed by atoms with Crippen LogP contribution in [0.5, 0.6) is 0 Å². The van der Waals surface area contributed by atoms with Crippen LogP contribution in [0.2, 0.25) is 5.02 Å². The van der Waals surface area contributed by atoms with Crippen LogP contribution in [0.15, 0.2) is 24.3 Å². The van der Waals surface area contributed by atoms with Crippen LogP contribution in [0.4, 0.5) is 0 Å². The number of halogens is 1. The van der Waals surface area contributed by atoms with Gasteiger partial charge in [0, 0.05) is 28.1 Å². The van der Waals surface area contributed by atoms with E-state index in [4.69, 9.17) is 22.1 Å². The molecule has 0 amide bonds. The molecule has 0 saturated carbocycles. The van der Waals surface area contributed by atoms with Gasteiger partial charge in [0.05, 0.1) is 12.3 Å². The summed E-state index contributed by atoms with van der Waals surface area (Å²) in [5, 5.41) is 1.66. The first kappa shape index (κ1) is 14.5. The van der Waals surface area contributed by atoms with Crippen LogP contribution in [0, 0.1) is 0 Å². The van der Waals surface area contributed by atoms with Gasteiger partial charge in [0.1, 0.15) is 5.01 Å². The SMILES string of the molecule is COCc1nc(-c2ccc(Cl)cc2)sc1C(C)(C)N. The zero-order valence-corrected chi connectivity index (χ0v) is 12.8. The molecule has 0 aliphatic heterocycles. The van der Waals surface area contributed by atoms with E-state index in [9.17, 15) is 0 Å². The van der Waals surface area contributed by atoms with Gasteiger partial charge in [-0.3, -0.25) is 0 Å². The van der Waals surface area contributed by atoms with E-state index >= 15 is 0 Å². The normalized spacial score (nSPS) is 11.8. The molecule has 1 aromatic heterocycles. The zero-order valence-electron chi connectivity index (χ0n) is 11.2. The van der Waals surface area contributed by atoms with Gasteiger partial charge >= 0.3 is 0 Å². The Labute approximate surface area is 122 Å². The maximum absolute atomic E-state index is 6.20. The molecule has 0 atom stereocenters. The van der Waals surface area contributed by atoms with Crippen LogP contribution in [0.25, 0.3) is 10.6 Å². The lowest BCUT2D eigenvalue weighted by Crippen LogP contribution is -2.28. The number of ether oxygens (including phenoxy) is 1. The molecule has 0 saturated heterocycles. The summed E-state index contributed by atoms with van der Waals surface area (Å²) >= 11 is 7.51. The van der Waals surface area contributed by atoms with E-state index in [1.807, 2.05) is 38.1 Å². The van der Waals surface area contributed by atoms with Crippen molar-refractivity contribution in [3.05, 3.63) is 39.9 Å². The number of benzene rings is 1. The fourth-order valence-electron chi connectivity index (χ4n) is 1.81. The van der Waals surface area contributed by atoms with Gasteiger partial charge in [0.15, 0.2) is 0 Å². The van der Waals surface area contributed by atoms with Gasteiger partial charge in [-0.15, -0.1) is 11.3 Å². The number of nitrogens with zero attached hydrogens (tertiary/aromatic N) is 1. The molecule has 3 nitrogen and oxygen atoms in total. The third-order valence-electron chi connectivity index (χ3n) is 2.65. The molecule has 2 N–H and O–H groups in total. The van der Waals surface area contributed by atoms with Gasteiger partial charge < -0.3 is 10.5 Å². The molecule has 0 radical (unpaired) electrons. The van der Waals surface area contributed by atoms with Crippen LogP contribution in [-0.2, 0) is 16.9 Å². The molecule has 0 fully saturated rings. The summed E-state index contributed by atoms with van der Waals surface area (Å²) in [4.78, 5) is 5.69. The molecule has 19 heavy (non-hydrogen) atoms. The highest BCUT2D eigenvalue weighted by atomic mass is 35.5. The standard InChI is InChI=1S/C14H17ClN2OS/c1-14(2,16)12-11(8-18-3)17-13(19-12)9-4-6-10(15)7-5-9/h4-7H,8,16H2,1-3H3. The molecule has 102 valence electrons. The summed E-state index contributed by atoms with van der Waals surface area (Å²) < 4.78 is 5.20. The molecule has 0 aliphatic rings. The van der Waals surface area contributed by atoms with Crippen molar-refractivity contribution in [3.63, 3.8) is 0 Å². The van der Waals surface area contributed by atoms with Crippen molar-refractivity contribution in [1.82, 2.24) is 4.98 Å². The molecule has 0 bridgehead atoms. The van der Waals surface area contributed by atoms with Crippen molar-refractivity contribution in [2.24, 2.45) is 5.73 Å². The van der Waals surface area contributed by atoms with E-state index in [2.05, 4.69) is 4.98 Å². The first-order chi connectivity index (χ1) is 8.91. The minimum absolute atomic E-state index is 0.420. The maximum Gasteiger partial charge on any atom is 0.124 e. The minimum Gasteiger partial charge on any atom is -0.378 e. The van der Waals surface area contributed by atoms with Crippen molar-refractivity contribution in [2.45, 2.75) is 26.0 Å². The van der Waals surface area contributed by atoms with Gasteiger partial charge in [-0.05, 0) is 26.0 Å². The predicted molar refractivity (Wildman–Crippen MR) is 80.5 cm³/mol. The van der Waals surface area contributed by atoms with Gasteiger partial charge in [-0.2, -0.15) is 0 Å². The van der Waals surface area contributed by atoms with Gasteiger partial charge in [0.2, 0.25) is 0 Å². The number of methoxy groups -OCH3 is 1. The topological polar surface area (TPSA) is 48.1 Å². The largest absolute Gasteiger partial charge is 0.378 e. The number of hydrogen-bond acceptors (Lipinski definition) is 4. The van der Waals surface area contributed by atoms with Crippen molar-refractivity contribution >= 4 is 22.9 Å². The first-order valence-corrected chi connectivity index (χ1v) is 7.15. The number of nitrogens with two attached hydrogens (primary N) is 1. The second-order valence-corrected chi connectivity index (χ2v) is 6.39. The quantitative estimate of drug-likeness (QED) is 0.933. The summed E-state index contributed by atoms with van der Waals surface area (Å²) in [5.74, 6) is 0. The van der Waals surface area contributed by atoms with E-state index in [1.54, 1.807) is 18.4 Å². The van der Waals surface area contributed by atoms with Crippen molar-refractivity contribution in [2.75, 3.05) is 7.11 Å². The van der Waals surface area contributed by atoms with Crippen LogP contribution in [0.3, 0.4) is 0 Å². The summed E-state index contributed by atoms with van der Waals surface area (Å²) in [5.41, 5.74) is 7.73. The Morgan fingerprint density at radius 3 is 2.47 bits per heavy atom. The van der Waals surface area contributed by atoms with Crippen LogP contribution < -0.4 is 5.73 Å². The zero-order chi connectivity index (χ0) is 14.0. The lowest BCUT2D eigenvalue weighted by molar-refractivity contribution is 0.180. The van der Waals surface area contributed by atoms with Gasteiger partial charge in [0.25, 0.3) is 0 Å². The van der Waals surface area contributed by atoms with E-state index in [0.29, 0.717) is 6.61 Å². The molecule has 1 heterocycles. The lowest BCUT2D eigenvalue weighted by atomic mass is 10.0. The number of aromatic nitrogens is 1. The highest BCUT2D eigenvalue weighted by molar-refractivity contribution is 7.15. The summed E-state index contributed by atoms with van der Waals surface area (Å²) in [6.07, 6.45) is 0. The monoisotopic (exact) mass is 296 g/mol. The van der Waals surface area contributed by atoms with Crippen molar-refractivity contribution in [1.29, 1.82) is 0 Å². The highest BCUT2D eigenvalue weighted by Gasteiger charge is 2.23. The molecule has 2 rings (SSSR count). The third-order valence-corrected chi connectivity index (χ3v) is 4.39. The Balaban J connectivity index is 2.45.